The van der Waals surface area contributed by atoms with E-state index in [1.54, 1.807) is 31.4 Å². The Morgan fingerprint density at radius 2 is 1.15 bits per heavy atom. The molecule has 0 aromatic rings. The Bertz CT molecular complexity index is 540. The summed E-state index contributed by atoms with van der Waals surface area (Å²) in [6.45, 7) is 5.87. The first-order chi connectivity index (χ1) is 11.8. The first-order valence-electron chi connectivity index (χ1n) is 8.70. The molecule has 1 amide bonds. The lowest BCUT2D eigenvalue weighted by molar-refractivity contribution is -0.331. The first kappa shape index (κ1) is 24.2. The van der Waals surface area contributed by atoms with E-state index in [1.165, 1.54) is 0 Å². The maximum atomic E-state index is 13.1. The lowest BCUT2D eigenvalue weighted by Crippen LogP contribution is -2.74. The number of halogens is 6. The van der Waals surface area contributed by atoms with Gasteiger partial charge < -0.3 is 14.5 Å². The Labute approximate surface area is 159 Å². The summed E-state index contributed by atoms with van der Waals surface area (Å²) in [4.78, 5) is 15.5. The lowest BCUT2D eigenvalue weighted by atomic mass is 9.63. The van der Waals surface area contributed by atoms with Gasteiger partial charge in [-0.3, -0.25) is 0 Å². The zero-order valence-electron chi connectivity index (χ0n) is 16.8. The first-order valence-corrected chi connectivity index (χ1v) is 8.70. The number of ether oxygens (including phenoxy) is 1. The molecule has 0 aromatic carbocycles. The van der Waals surface area contributed by atoms with E-state index in [-0.39, 0.29) is 25.3 Å². The van der Waals surface area contributed by atoms with Crippen LogP contribution in [0.2, 0.25) is 0 Å². The number of carbonyl (C=O) groups excluding carboxylic acids is 1. The van der Waals surface area contributed by atoms with Gasteiger partial charge in [-0.15, -0.1) is 0 Å². The van der Waals surface area contributed by atoms with E-state index in [1.807, 2.05) is 20.8 Å². The number of nitrogens with zero attached hydrogens (tertiary/aromatic N) is 2. The van der Waals surface area contributed by atoms with E-state index in [0.717, 1.165) is 4.90 Å². The summed E-state index contributed by atoms with van der Waals surface area (Å²) in [6.07, 6.45) is -13.2. The third kappa shape index (κ3) is 4.27. The van der Waals surface area contributed by atoms with Crippen molar-refractivity contribution in [3.8, 4) is 0 Å². The molecule has 4 atom stereocenters. The van der Waals surface area contributed by atoms with Crippen LogP contribution >= 0.6 is 0 Å². The van der Waals surface area contributed by atoms with Gasteiger partial charge in [-0.2, -0.15) is 26.3 Å². The number of hydrogen-bond donors (Lipinski definition) is 0. The van der Waals surface area contributed by atoms with Crippen LogP contribution < -0.4 is 0 Å². The third-order valence-corrected chi connectivity index (χ3v) is 5.51. The van der Waals surface area contributed by atoms with Crippen LogP contribution in [0.3, 0.4) is 0 Å². The molecule has 15 heteroatoms. The van der Waals surface area contributed by atoms with Crippen LogP contribution in [0.4, 0.5) is 31.1 Å². The minimum absolute atomic E-state index is 0.168. The molecule has 4 nitrogen and oxygen atoms in total. The van der Waals surface area contributed by atoms with Gasteiger partial charge in [0.05, 0.1) is 0 Å². The van der Waals surface area contributed by atoms with Gasteiger partial charge in [0.1, 0.15) is 31.4 Å². The number of amides is 1. The second kappa shape index (κ2) is 7.19. The van der Waals surface area contributed by atoms with Gasteiger partial charge in [0, 0.05) is 17.4 Å². The fraction of sp³-hybridized carbons (Fsp3) is 0.917. The van der Waals surface area contributed by atoms with Gasteiger partial charge in [0.15, 0.2) is 7.85 Å². The van der Waals surface area contributed by atoms with Gasteiger partial charge in [0.25, 0.3) is 5.50 Å². The van der Waals surface area contributed by atoms with Crippen molar-refractivity contribution in [2.24, 2.45) is 0 Å². The fourth-order valence-electron chi connectivity index (χ4n) is 3.73. The quantitative estimate of drug-likeness (QED) is 0.374. The molecule has 0 aliphatic carbocycles. The van der Waals surface area contributed by atoms with Gasteiger partial charge in [-0.25, -0.2) is 4.79 Å². The van der Waals surface area contributed by atoms with Crippen molar-refractivity contribution in [1.29, 1.82) is 0 Å². The van der Waals surface area contributed by atoms with E-state index in [9.17, 15) is 31.1 Å². The summed E-state index contributed by atoms with van der Waals surface area (Å²) >= 11 is 0. The summed E-state index contributed by atoms with van der Waals surface area (Å²) in [5.74, 6) is -1.89. The van der Waals surface area contributed by atoms with E-state index >= 15 is 0 Å². The zero-order chi connectivity index (χ0) is 21.7. The van der Waals surface area contributed by atoms with Crippen LogP contribution in [0.15, 0.2) is 0 Å². The zero-order valence-corrected chi connectivity index (χ0v) is 16.8. The summed E-state index contributed by atoms with van der Waals surface area (Å²) in [7, 11) is 6.58. The van der Waals surface area contributed by atoms with Crippen molar-refractivity contribution < 1.29 is 35.9 Å². The van der Waals surface area contributed by atoms with Gasteiger partial charge in [-0.05, 0) is 32.7 Å². The molecule has 27 heavy (non-hydrogen) atoms. The number of rotatable bonds is 1. The predicted molar refractivity (Wildman–Crippen MR) is 103 cm³/mol. The van der Waals surface area contributed by atoms with E-state index in [2.05, 4.69) is 9.64 Å². The lowest BCUT2D eigenvalue weighted by Gasteiger charge is -2.58. The number of carbonyl (C=O) groups is 1. The van der Waals surface area contributed by atoms with Crippen LogP contribution in [-0.2, 0) is 4.74 Å². The maximum Gasteiger partial charge on any atom is 0.428 e. The molecule has 1 rings (SSSR count). The van der Waals surface area contributed by atoms with Crippen molar-refractivity contribution in [2.45, 2.75) is 67.9 Å². The largest absolute Gasteiger partial charge is 0.433 e. The van der Waals surface area contributed by atoms with Crippen molar-refractivity contribution >= 4 is 45.3 Å². The van der Waals surface area contributed by atoms with Crippen molar-refractivity contribution in [3.05, 3.63) is 0 Å². The standard InChI is InChI=1S/C12H23B5F6N2O2/c1-9(2,3)25-6(15)4(13)24(5(14)7(25)16)8(26)27-10(17,11(18,19)20)12(21,22)23/h4-7H,13-17H2,1-3H3. The molecule has 1 saturated heterocycles. The molecule has 0 saturated carbocycles. The number of piperazine rings is 1. The highest BCUT2D eigenvalue weighted by Crippen LogP contribution is 2.44. The smallest absolute Gasteiger partial charge is 0.428 e. The number of alkyl halides is 6. The molecule has 0 N–H and O–H groups in total. The Hall–Kier alpha value is -0.865. The summed E-state index contributed by atoms with van der Waals surface area (Å²) in [6, 6.07) is 0. The topological polar surface area (TPSA) is 32.8 Å². The summed E-state index contributed by atoms with van der Waals surface area (Å²) in [5.41, 5.74) is -4.88. The van der Waals surface area contributed by atoms with Crippen molar-refractivity contribution in [2.75, 3.05) is 0 Å². The molecule has 4 unspecified atom stereocenters. The van der Waals surface area contributed by atoms with Crippen LogP contribution in [0.5, 0.6) is 0 Å². The molecule has 150 valence electrons. The second-order valence-corrected chi connectivity index (χ2v) is 8.34. The van der Waals surface area contributed by atoms with Gasteiger partial charge >= 0.3 is 18.4 Å². The monoisotopic (exact) mass is 396 g/mol. The Balaban J connectivity index is 3.24. The highest BCUT2D eigenvalue weighted by Gasteiger charge is 2.71. The molecule has 0 aromatic heterocycles. The summed E-state index contributed by atoms with van der Waals surface area (Å²) < 4.78 is 82.5. The SMILES string of the molecule is BC1C(B)N(C(C)(C)C)C(B)C(B)N1C(=O)OC(B)(C(F)(F)F)C(F)(F)F. The van der Waals surface area contributed by atoms with E-state index in [0.29, 0.717) is 0 Å². The molecular formula is C12H23B5F6N2O2. The van der Waals surface area contributed by atoms with E-state index in [4.69, 9.17) is 0 Å². The van der Waals surface area contributed by atoms with Crippen LogP contribution in [0.1, 0.15) is 20.8 Å². The molecule has 1 heterocycles. The number of hydrogen-bond acceptors (Lipinski definition) is 3. The average Bonchev–Trinajstić information content (AvgIpc) is 2.41. The van der Waals surface area contributed by atoms with Crippen molar-refractivity contribution in [1.82, 2.24) is 9.80 Å². The Kier molecular flexibility index (Phi) is 6.43. The molecular weight excluding hydrogens is 372 g/mol. The second-order valence-electron chi connectivity index (χ2n) is 8.34. The predicted octanol–water partition coefficient (Wildman–Crippen LogP) is -2.17. The molecule has 0 radical (unpaired) electrons. The highest BCUT2D eigenvalue weighted by atomic mass is 19.4. The fourth-order valence-corrected chi connectivity index (χ4v) is 3.73. The molecule has 0 bridgehead atoms. The summed E-state index contributed by atoms with van der Waals surface area (Å²) in [5, 5.41) is 0. The maximum absolute atomic E-state index is 13.1. The average molecular weight is 395 g/mol. The Morgan fingerprint density at radius 3 is 1.41 bits per heavy atom. The Morgan fingerprint density at radius 1 is 0.815 bits per heavy atom. The molecule has 1 aliphatic rings. The van der Waals surface area contributed by atoms with Crippen LogP contribution in [0.25, 0.3) is 0 Å². The van der Waals surface area contributed by atoms with Crippen LogP contribution in [-0.4, -0.2) is 102 Å². The normalized spacial score (nSPS) is 28.9. The third-order valence-electron chi connectivity index (χ3n) is 5.51. The van der Waals surface area contributed by atoms with E-state index < -0.39 is 35.8 Å². The van der Waals surface area contributed by atoms with Gasteiger partial charge in [0.2, 0.25) is 0 Å². The molecule has 1 fully saturated rings. The van der Waals surface area contributed by atoms with Crippen LogP contribution in [0, 0.1) is 0 Å². The minimum Gasteiger partial charge on any atom is -0.433 e. The van der Waals surface area contributed by atoms with Gasteiger partial charge in [-0.1, -0.05) is 0 Å². The molecule has 0 spiro atoms. The highest BCUT2D eigenvalue weighted by molar-refractivity contribution is 6.27. The molecule has 1 aliphatic heterocycles. The van der Waals surface area contributed by atoms with Crippen molar-refractivity contribution in [3.63, 3.8) is 0 Å². The minimum atomic E-state index is -5.79.